The van der Waals surface area contributed by atoms with Crippen LogP contribution in [0.3, 0.4) is 0 Å². The van der Waals surface area contributed by atoms with Gasteiger partial charge in [-0.2, -0.15) is 0 Å². The minimum Gasteiger partial charge on any atom is -0.772 e. The van der Waals surface area contributed by atoms with Crippen LogP contribution >= 0.6 is 0 Å². The van der Waals surface area contributed by atoms with E-state index in [0.29, 0.717) is 6.29 Å². The molecule has 0 saturated heterocycles. The quantitative estimate of drug-likeness (QED) is 0.541. The van der Waals surface area contributed by atoms with Gasteiger partial charge in [-0.3, -0.25) is 9.00 Å². The Hall–Kier alpha value is -1.07. The first-order valence-corrected chi connectivity index (χ1v) is 4.67. The monoisotopic (exact) mass is 201 g/mol. The van der Waals surface area contributed by atoms with E-state index in [2.05, 4.69) is 0 Å². The first-order chi connectivity index (χ1) is 6.13. The molecule has 0 N–H and O–H groups in total. The number of benzene rings is 1. The summed E-state index contributed by atoms with van der Waals surface area (Å²) in [7, 11) is 0. The zero-order valence-electron chi connectivity index (χ0n) is 6.53. The first-order valence-electron chi connectivity index (χ1n) is 3.43. The molecule has 0 aliphatic carbocycles. The lowest BCUT2D eigenvalue weighted by Crippen LogP contribution is -1.98. The van der Waals surface area contributed by atoms with E-state index in [1.165, 1.54) is 12.1 Å². The van der Waals surface area contributed by atoms with Crippen LogP contribution in [0.1, 0.15) is 15.9 Å². The van der Waals surface area contributed by atoms with Crippen LogP contribution in [0.5, 0.6) is 0 Å². The molecule has 0 fully saturated rings. The number of halogens is 1. The topological polar surface area (TPSA) is 57.2 Å². The maximum absolute atomic E-state index is 12.9. The molecule has 13 heavy (non-hydrogen) atoms. The Kier molecular flexibility index (Phi) is 3.27. The van der Waals surface area contributed by atoms with Crippen molar-refractivity contribution >= 4 is 17.4 Å². The van der Waals surface area contributed by atoms with E-state index in [1.54, 1.807) is 0 Å². The summed E-state index contributed by atoms with van der Waals surface area (Å²) in [5.74, 6) is -1.03. The van der Waals surface area contributed by atoms with Crippen LogP contribution in [0.4, 0.5) is 4.39 Å². The normalized spacial score (nSPS) is 12.5. The zero-order valence-corrected chi connectivity index (χ0v) is 7.34. The fraction of sp³-hybridized carbons (Fsp3) is 0.125. The molecule has 1 aromatic rings. The minimum atomic E-state index is -2.34. The van der Waals surface area contributed by atoms with E-state index >= 15 is 0 Å². The van der Waals surface area contributed by atoms with Gasteiger partial charge < -0.3 is 4.55 Å². The summed E-state index contributed by atoms with van der Waals surface area (Å²) < 4.78 is 33.4. The number of carbonyl (C=O) groups is 1. The Balaban J connectivity index is 3.03. The Morgan fingerprint density at radius 2 is 2.23 bits per heavy atom. The van der Waals surface area contributed by atoms with Gasteiger partial charge in [0.25, 0.3) is 0 Å². The Morgan fingerprint density at radius 1 is 1.54 bits per heavy atom. The highest BCUT2D eigenvalue weighted by atomic mass is 32.2. The lowest BCUT2D eigenvalue weighted by molar-refractivity contribution is 0.112. The van der Waals surface area contributed by atoms with Gasteiger partial charge in [-0.25, -0.2) is 4.39 Å². The van der Waals surface area contributed by atoms with Gasteiger partial charge in [0.1, 0.15) is 12.1 Å². The average molecular weight is 201 g/mol. The molecule has 0 saturated carbocycles. The van der Waals surface area contributed by atoms with Crippen LogP contribution in [0, 0.1) is 5.82 Å². The third-order valence-corrected chi connectivity index (χ3v) is 2.03. The van der Waals surface area contributed by atoms with Crippen LogP contribution in [0.2, 0.25) is 0 Å². The molecule has 0 bridgehead atoms. The van der Waals surface area contributed by atoms with Crippen molar-refractivity contribution in [2.75, 3.05) is 0 Å². The molecule has 70 valence electrons. The number of hydrogen-bond acceptors (Lipinski definition) is 3. The number of carbonyl (C=O) groups excluding carboxylic acids is 1. The summed E-state index contributed by atoms with van der Waals surface area (Å²) >= 11 is -2.34. The van der Waals surface area contributed by atoms with Crippen LogP contribution in [-0.4, -0.2) is 15.0 Å². The highest BCUT2D eigenvalue weighted by molar-refractivity contribution is 7.78. The maximum atomic E-state index is 12.9. The van der Waals surface area contributed by atoms with Crippen LogP contribution < -0.4 is 0 Å². The molecule has 0 aliphatic heterocycles. The Morgan fingerprint density at radius 3 is 2.77 bits per heavy atom. The second kappa shape index (κ2) is 4.25. The molecular formula is C8H6FO3S-. The van der Waals surface area contributed by atoms with Crippen LogP contribution in [0.25, 0.3) is 0 Å². The molecule has 1 aromatic carbocycles. The van der Waals surface area contributed by atoms with E-state index in [0.717, 1.165) is 6.07 Å². The fourth-order valence-electron chi connectivity index (χ4n) is 0.906. The molecule has 0 aromatic heterocycles. The van der Waals surface area contributed by atoms with Crippen molar-refractivity contribution in [2.45, 2.75) is 5.75 Å². The SMILES string of the molecule is O=Cc1ccc(F)c(CS(=O)[O-])c1. The summed E-state index contributed by atoms with van der Waals surface area (Å²) in [6, 6.07) is 3.59. The summed E-state index contributed by atoms with van der Waals surface area (Å²) in [4.78, 5) is 10.3. The zero-order chi connectivity index (χ0) is 9.84. The van der Waals surface area contributed by atoms with Crippen molar-refractivity contribution in [3.8, 4) is 0 Å². The van der Waals surface area contributed by atoms with Crippen LogP contribution in [0.15, 0.2) is 18.2 Å². The lowest BCUT2D eigenvalue weighted by atomic mass is 10.1. The maximum Gasteiger partial charge on any atom is 0.150 e. The summed E-state index contributed by atoms with van der Waals surface area (Å²) in [6.07, 6.45) is 0.538. The van der Waals surface area contributed by atoms with Crippen molar-refractivity contribution in [1.82, 2.24) is 0 Å². The minimum absolute atomic E-state index is 0.0120. The predicted molar refractivity (Wildman–Crippen MR) is 44.4 cm³/mol. The molecule has 1 rings (SSSR count). The first kappa shape index (κ1) is 10.0. The van der Waals surface area contributed by atoms with E-state index in [4.69, 9.17) is 0 Å². The van der Waals surface area contributed by atoms with Crippen molar-refractivity contribution < 1.29 is 17.9 Å². The Bertz CT molecular complexity index is 351. The molecule has 0 aliphatic rings. The highest BCUT2D eigenvalue weighted by Crippen LogP contribution is 2.10. The Labute approximate surface area is 76.9 Å². The van der Waals surface area contributed by atoms with Gasteiger partial charge in [0.15, 0.2) is 0 Å². The molecule has 3 nitrogen and oxygen atoms in total. The molecule has 0 amide bonds. The van der Waals surface area contributed by atoms with Gasteiger partial charge in [-0.05, 0) is 23.8 Å². The van der Waals surface area contributed by atoms with Gasteiger partial charge in [0.2, 0.25) is 0 Å². The van der Waals surface area contributed by atoms with Crippen molar-refractivity contribution in [2.24, 2.45) is 0 Å². The van der Waals surface area contributed by atoms with Gasteiger partial charge in [-0.15, -0.1) is 0 Å². The van der Waals surface area contributed by atoms with Gasteiger partial charge in [-0.1, -0.05) is 11.1 Å². The summed E-state index contributed by atoms with van der Waals surface area (Å²) in [5, 5.41) is 0. The van der Waals surface area contributed by atoms with Gasteiger partial charge >= 0.3 is 0 Å². The molecule has 1 atom stereocenters. The second-order valence-electron chi connectivity index (χ2n) is 2.42. The predicted octanol–water partition coefficient (Wildman–Crippen LogP) is 1.02. The molecule has 0 spiro atoms. The number of hydrogen-bond donors (Lipinski definition) is 0. The average Bonchev–Trinajstić information content (AvgIpc) is 2.08. The van der Waals surface area contributed by atoms with Gasteiger partial charge in [0.05, 0.1) is 0 Å². The second-order valence-corrected chi connectivity index (χ2v) is 3.31. The van der Waals surface area contributed by atoms with E-state index in [1.807, 2.05) is 0 Å². The van der Waals surface area contributed by atoms with E-state index < -0.39 is 22.7 Å². The molecule has 1 unspecified atom stereocenters. The van der Waals surface area contributed by atoms with Crippen molar-refractivity contribution in [3.05, 3.63) is 35.1 Å². The third-order valence-electron chi connectivity index (χ3n) is 1.48. The van der Waals surface area contributed by atoms with Gasteiger partial charge in [0, 0.05) is 11.3 Å². The van der Waals surface area contributed by atoms with Crippen molar-refractivity contribution in [3.63, 3.8) is 0 Å². The molecule has 5 heteroatoms. The summed E-state index contributed by atoms with van der Waals surface area (Å²) in [5.41, 5.74) is 0.278. The lowest BCUT2D eigenvalue weighted by Gasteiger charge is -2.06. The molecule has 0 radical (unpaired) electrons. The third kappa shape index (κ3) is 2.71. The van der Waals surface area contributed by atoms with E-state index in [-0.39, 0.29) is 11.1 Å². The summed E-state index contributed by atoms with van der Waals surface area (Å²) in [6.45, 7) is 0. The smallest absolute Gasteiger partial charge is 0.150 e. The molecular weight excluding hydrogens is 195 g/mol. The fourth-order valence-corrected chi connectivity index (χ4v) is 1.38. The molecule has 0 heterocycles. The van der Waals surface area contributed by atoms with Crippen LogP contribution in [-0.2, 0) is 16.8 Å². The largest absolute Gasteiger partial charge is 0.772 e. The van der Waals surface area contributed by atoms with E-state index in [9.17, 15) is 17.9 Å². The van der Waals surface area contributed by atoms with Crippen molar-refractivity contribution in [1.29, 1.82) is 0 Å². The number of rotatable bonds is 3. The standard InChI is InChI=1S/C8H7FO3S/c9-8-2-1-6(4-10)3-7(8)5-13(11)12/h1-4H,5H2,(H,11,12)/p-1. The highest BCUT2D eigenvalue weighted by Gasteiger charge is 2.02. The number of aldehydes is 1.